The third-order valence-electron chi connectivity index (χ3n) is 1.41. The molecule has 0 spiro atoms. The fourth-order valence-corrected chi connectivity index (χ4v) is 0.799. The van der Waals surface area contributed by atoms with Gasteiger partial charge in [0.2, 0.25) is 5.90 Å². The van der Waals surface area contributed by atoms with Crippen molar-refractivity contribution in [2.45, 2.75) is 6.61 Å². The predicted octanol–water partition coefficient (Wildman–Crippen LogP) is 0.546. The van der Waals surface area contributed by atoms with E-state index in [-0.39, 0.29) is 12.5 Å². The highest BCUT2D eigenvalue weighted by Crippen LogP contribution is 2.00. The Morgan fingerprint density at radius 1 is 1.67 bits per heavy atom. The van der Waals surface area contributed by atoms with E-state index in [1.165, 1.54) is 7.11 Å². The number of aromatic nitrogens is 1. The first-order valence-electron chi connectivity index (χ1n) is 3.47. The Kier molecular flexibility index (Phi) is 2.76. The van der Waals surface area contributed by atoms with Gasteiger partial charge < -0.3 is 9.84 Å². The zero-order chi connectivity index (χ0) is 8.97. The van der Waals surface area contributed by atoms with Crippen LogP contribution in [0.15, 0.2) is 18.2 Å². The highest BCUT2D eigenvalue weighted by molar-refractivity contribution is 5.89. The van der Waals surface area contributed by atoms with Gasteiger partial charge in [-0.25, -0.2) is 4.98 Å². The molecule has 1 heterocycles. The van der Waals surface area contributed by atoms with Gasteiger partial charge in [0.15, 0.2) is 0 Å². The number of rotatable bonds is 2. The minimum Gasteiger partial charge on any atom is -0.480 e. The molecule has 1 rings (SSSR count). The summed E-state index contributed by atoms with van der Waals surface area (Å²) in [6, 6.07) is 5.07. The Bertz CT molecular complexity index is 286. The maximum absolute atomic E-state index is 8.74. The standard InChI is InChI=1S/C8H10N2O2/c1-12-8(9)7-4-2-3-6(5-11)10-7/h2-4,9,11H,5H2,1H3. The van der Waals surface area contributed by atoms with Crippen LogP contribution in [-0.4, -0.2) is 23.1 Å². The quantitative estimate of drug-likeness (QED) is 0.498. The van der Waals surface area contributed by atoms with Crippen LogP contribution < -0.4 is 0 Å². The van der Waals surface area contributed by atoms with Crippen molar-refractivity contribution >= 4 is 5.90 Å². The summed E-state index contributed by atoms with van der Waals surface area (Å²) in [6.45, 7) is -0.120. The van der Waals surface area contributed by atoms with Crippen LogP contribution in [0.1, 0.15) is 11.4 Å². The first-order chi connectivity index (χ1) is 5.77. The average molecular weight is 166 g/mol. The van der Waals surface area contributed by atoms with Gasteiger partial charge in [0, 0.05) is 0 Å². The Morgan fingerprint density at radius 3 is 3.00 bits per heavy atom. The second kappa shape index (κ2) is 3.82. The van der Waals surface area contributed by atoms with Crippen molar-refractivity contribution < 1.29 is 9.84 Å². The van der Waals surface area contributed by atoms with E-state index in [9.17, 15) is 0 Å². The fraction of sp³-hybridized carbons (Fsp3) is 0.250. The molecule has 0 fully saturated rings. The van der Waals surface area contributed by atoms with Crippen molar-refractivity contribution in [3.63, 3.8) is 0 Å². The molecule has 0 aliphatic rings. The van der Waals surface area contributed by atoms with Crippen molar-refractivity contribution in [3.05, 3.63) is 29.6 Å². The van der Waals surface area contributed by atoms with Crippen molar-refractivity contribution in [1.29, 1.82) is 5.41 Å². The molecule has 0 aliphatic carbocycles. The Balaban J connectivity index is 2.93. The van der Waals surface area contributed by atoms with Gasteiger partial charge in [0.05, 0.1) is 19.4 Å². The largest absolute Gasteiger partial charge is 0.480 e. The summed E-state index contributed by atoms with van der Waals surface area (Å²) in [5.74, 6) is 0.00491. The van der Waals surface area contributed by atoms with Crippen molar-refractivity contribution in [1.82, 2.24) is 4.98 Å². The van der Waals surface area contributed by atoms with E-state index in [0.717, 1.165) is 0 Å². The van der Waals surface area contributed by atoms with Crippen LogP contribution in [0.5, 0.6) is 0 Å². The Morgan fingerprint density at radius 2 is 2.42 bits per heavy atom. The third kappa shape index (κ3) is 1.79. The molecule has 0 aromatic carbocycles. The summed E-state index contributed by atoms with van der Waals surface area (Å²) < 4.78 is 4.67. The Labute approximate surface area is 70.3 Å². The van der Waals surface area contributed by atoms with Crippen molar-refractivity contribution in [2.75, 3.05) is 7.11 Å². The lowest BCUT2D eigenvalue weighted by Crippen LogP contribution is -2.05. The highest BCUT2D eigenvalue weighted by Gasteiger charge is 2.02. The van der Waals surface area contributed by atoms with Gasteiger partial charge >= 0.3 is 0 Å². The highest BCUT2D eigenvalue weighted by atomic mass is 16.5. The first-order valence-corrected chi connectivity index (χ1v) is 3.47. The van der Waals surface area contributed by atoms with E-state index in [0.29, 0.717) is 11.4 Å². The van der Waals surface area contributed by atoms with Gasteiger partial charge in [0.25, 0.3) is 0 Å². The SMILES string of the molecule is COC(=N)c1cccc(CO)n1. The molecule has 0 saturated carbocycles. The normalized spacial score (nSPS) is 9.50. The molecule has 64 valence electrons. The molecule has 0 saturated heterocycles. The molecular formula is C8H10N2O2. The molecule has 1 aromatic heterocycles. The van der Waals surface area contributed by atoms with E-state index in [1.54, 1.807) is 18.2 Å². The van der Waals surface area contributed by atoms with Crippen LogP contribution in [0.25, 0.3) is 0 Å². The van der Waals surface area contributed by atoms with Crippen LogP contribution in [0.2, 0.25) is 0 Å². The molecule has 0 radical (unpaired) electrons. The molecule has 0 unspecified atom stereocenters. The molecule has 0 aliphatic heterocycles. The number of nitrogens with one attached hydrogen (secondary N) is 1. The van der Waals surface area contributed by atoms with Crippen LogP contribution in [-0.2, 0) is 11.3 Å². The number of aliphatic hydroxyl groups excluding tert-OH is 1. The van der Waals surface area contributed by atoms with Crippen LogP contribution in [0, 0.1) is 5.41 Å². The summed E-state index contributed by atoms with van der Waals surface area (Å²) in [6.07, 6.45) is 0. The number of methoxy groups -OCH3 is 1. The summed E-state index contributed by atoms with van der Waals surface area (Å²) >= 11 is 0. The molecule has 12 heavy (non-hydrogen) atoms. The average Bonchev–Trinajstić information content (AvgIpc) is 2.17. The van der Waals surface area contributed by atoms with Crippen molar-refractivity contribution in [2.24, 2.45) is 0 Å². The van der Waals surface area contributed by atoms with E-state index in [1.807, 2.05) is 0 Å². The molecule has 0 atom stereocenters. The molecule has 2 N–H and O–H groups in total. The van der Waals surface area contributed by atoms with Gasteiger partial charge in [0.1, 0.15) is 5.69 Å². The van der Waals surface area contributed by atoms with Crippen LogP contribution in [0.3, 0.4) is 0 Å². The third-order valence-corrected chi connectivity index (χ3v) is 1.41. The second-order valence-corrected chi connectivity index (χ2v) is 2.21. The first kappa shape index (κ1) is 8.67. The van der Waals surface area contributed by atoms with E-state index in [4.69, 9.17) is 10.5 Å². The Hall–Kier alpha value is -1.42. The molecule has 4 nitrogen and oxygen atoms in total. The summed E-state index contributed by atoms with van der Waals surface area (Å²) in [5.41, 5.74) is 0.971. The van der Waals surface area contributed by atoms with Crippen LogP contribution in [0.4, 0.5) is 0 Å². The minimum atomic E-state index is -0.120. The lowest BCUT2D eigenvalue weighted by molar-refractivity contribution is 0.276. The lowest BCUT2D eigenvalue weighted by atomic mass is 10.3. The fourth-order valence-electron chi connectivity index (χ4n) is 0.799. The van der Waals surface area contributed by atoms with Gasteiger partial charge in [-0.05, 0) is 12.1 Å². The zero-order valence-electron chi connectivity index (χ0n) is 6.74. The van der Waals surface area contributed by atoms with E-state index < -0.39 is 0 Å². The monoisotopic (exact) mass is 166 g/mol. The maximum atomic E-state index is 8.74. The van der Waals surface area contributed by atoms with E-state index >= 15 is 0 Å². The molecule has 0 amide bonds. The predicted molar refractivity (Wildman–Crippen MR) is 44.0 cm³/mol. The number of hydrogen-bond acceptors (Lipinski definition) is 4. The number of hydrogen-bond donors (Lipinski definition) is 2. The van der Waals surface area contributed by atoms with Gasteiger partial charge in [-0.3, -0.25) is 5.41 Å². The van der Waals surface area contributed by atoms with Gasteiger partial charge in [-0.15, -0.1) is 0 Å². The molecule has 0 bridgehead atoms. The van der Waals surface area contributed by atoms with Crippen LogP contribution >= 0.6 is 0 Å². The smallest absolute Gasteiger partial charge is 0.232 e. The van der Waals surface area contributed by atoms with E-state index in [2.05, 4.69) is 9.72 Å². The zero-order valence-corrected chi connectivity index (χ0v) is 6.74. The summed E-state index contributed by atoms with van der Waals surface area (Å²) in [4.78, 5) is 3.96. The number of nitrogens with zero attached hydrogens (tertiary/aromatic N) is 1. The maximum Gasteiger partial charge on any atom is 0.232 e. The van der Waals surface area contributed by atoms with Crippen molar-refractivity contribution in [3.8, 4) is 0 Å². The topological polar surface area (TPSA) is 66.2 Å². The number of aliphatic hydroxyl groups is 1. The minimum absolute atomic E-state index is 0.00491. The second-order valence-electron chi connectivity index (χ2n) is 2.21. The van der Waals surface area contributed by atoms with Gasteiger partial charge in [-0.2, -0.15) is 0 Å². The summed E-state index contributed by atoms with van der Waals surface area (Å²) in [7, 11) is 1.41. The van der Waals surface area contributed by atoms with Gasteiger partial charge in [-0.1, -0.05) is 6.07 Å². The number of pyridine rings is 1. The lowest BCUT2D eigenvalue weighted by Gasteiger charge is -2.01. The molecular weight excluding hydrogens is 156 g/mol. The molecule has 1 aromatic rings. The number of ether oxygens (including phenoxy) is 1. The molecule has 4 heteroatoms. The summed E-state index contributed by atoms with van der Waals surface area (Å²) in [5, 5.41) is 16.0.